The SMILES string of the molecule is Cc1ncsc1-c1ccc([C@H](C)NC(=O)[C@@H]2C[C@@H](O)CN2C(=O)[C@@H](NC(=O)CCCCC(=O)N2CCN(c3nnc(-c4cnc(-c5ccc6cc(C#N)cnn56)cc4NC(C)C)s3)CC2)C(C)(C)C)cc1. The molecule has 1 aromatic carbocycles. The van der Waals surface area contributed by atoms with Gasteiger partial charge in [-0.25, -0.2) is 9.50 Å². The van der Waals surface area contributed by atoms with Gasteiger partial charge in [0.25, 0.3) is 0 Å². The van der Waals surface area contributed by atoms with E-state index in [9.17, 15) is 29.5 Å². The zero-order chi connectivity index (χ0) is 50.6. The number of amides is 4. The molecule has 2 saturated heterocycles. The highest BCUT2D eigenvalue weighted by molar-refractivity contribution is 7.18. The fourth-order valence-electron chi connectivity index (χ4n) is 9.02. The van der Waals surface area contributed by atoms with E-state index in [1.165, 1.54) is 22.4 Å². The highest BCUT2D eigenvalue weighted by atomic mass is 32.1. The monoisotopic (exact) mass is 999 g/mol. The average molecular weight is 1000 g/mol. The molecule has 71 heavy (non-hydrogen) atoms. The first kappa shape index (κ1) is 50.6. The van der Waals surface area contributed by atoms with Crippen molar-refractivity contribution in [3.8, 4) is 38.5 Å². The van der Waals surface area contributed by atoms with Crippen LogP contribution in [0.1, 0.15) is 96.5 Å². The van der Waals surface area contributed by atoms with Crippen molar-refractivity contribution >= 4 is 62.6 Å². The van der Waals surface area contributed by atoms with Crippen LogP contribution in [0.25, 0.3) is 37.9 Å². The Kier molecular flexibility index (Phi) is 15.4. The Labute approximate surface area is 421 Å². The van der Waals surface area contributed by atoms with Gasteiger partial charge in [0.05, 0.1) is 62.5 Å². The summed E-state index contributed by atoms with van der Waals surface area (Å²) in [6.45, 7) is 15.8. The van der Waals surface area contributed by atoms with Crippen LogP contribution < -0.4 is 20.9 Å². The van der Waals surface area contributed by atoms with Gasteiger partial charge < -0.3 is 35.8 Å². The highest BCUT2D eigenvalue weighted by Crippen LogP contribution is 2.37. The second-order valence-electron chi connectivity index (χ2n) is 19.7. The van der Waals surface area contributed by atoms with Gasteiger partial charge in [-0.2, -0.15) is 10.4 Å². The molecule has 0 unspecified atom stereocenters. The first-order valence-corrected chi connectivity index (χ1v) is 25.8. The molecule has 4 N–H and O–H groups in total. The van der Waals surface area contributed by atoms with Crippen LogP contribution in [0.2, 0.25) is 0 Å². The van der Waals surface area contributed by atoms with Gasteiger partial charge in [-0.3, -0.25) is 24.2 Å². The Hall–Kier alpha value is -6.82. The smallest absolute Gasteiger partial charge is 0.246 e. The van der Waals surface area contributed by atoms with Gasteiger partial charge >= 0.3 is 0 Å². The van der Waals surface area contributed by atoms with Crippen LogP contribution in [0.5, 0.6) is 0 Å². The van der Waals surface area contributed by atoms with Crippen molar-refractivity contribution in [3.63, 3.8) is 0 Å². The maximum atomic E-state index is 14.2. The van der Waals surface area contributed by atoms with E-state index in [4.69, 9.17) is 4.98 Å². The molecule has 2 aliphatic rings. The Morgan fingerprint density at radius 1 is 0.930 bits per heavy atom. The number of pyridine rings is 1. The number of nitrogens with zero attached hydrogens (tertiary/aromatic N) is 10. The number of β-amino-alcohol motifs (C(OH)–C–C–N with tert-alkyl or cyclic N) is 1. The van der Waals surface area contributed by atoms with E-state index >= 15 is 0 Å². The molecule has 0 aliphatic carbocycles. The second kappa shape index (κ2) is 21.7. The Balaban J connectivity index is 0.799. The van der Waals surface area contributed by atoms with Crippen molar-refractivity contribution in [2.24, 2.45) is 5.41 Å². The quantitative estimate of drug-likeness (QED) is 0.0749. The number of benzene rings is 1. The fraction of sp³-hybridized carbons (Fsp3) is 0.451. The standard InChI is InChI=1S/C51H61N13O5S2/c1-30(2)56-39-24-40(41-17-16-36-22-33(25-52)26-55-64(36)41)53-27-38(39)48-59-60-50(71-48)62-20-18-61(19-21-62)44(67)11-9-8-10-43(66)58-46(51(5,6)7)49(69)63-28-37(65)23-42(63)47(68)57-31(3)34-12-14-35(15-13-34)45-32(4)54-29-70-45/h12-17,22,24,26-27,29-31,37,42,46,65H,8-11,18-21,23,28H2,1-7H3,(H,53,56)(H,57,68)(H,58,66)/t31-,37+,42-,46+/m0/s1. The summed E-state index contributed by atoms with van der Waals surface area (Å²) < 4.78 is 1.76. The third kappa shape index (κ3) is 11.7. The van der Waals surface area contributed by atoms with E-state index in [0.717, 1.165) is 49.3 Å². The molecular weight excluding hydrogens is 939 g/mol. The molecule has 0 saturated carbocycles. The molecule has 0 bridgehead atoms. The van der Waals surface area contributed by atoms with E-state index in [0.29, 0.717) is 61.7 Å². The average Bonchev–Trinajstić information content (AvgIpc) is 4.18. The third-order valence-electron chi connectivity index (χ3n) is 12.9. The van der Waals surface area contributed by atoms with E-state index in [-0.39, 0.29) is 49.2 Å². The number of aliphatic hydroxyl groups is 1. The number of nitriles is 1. The predicted octanol–water partition coefficient (Wildman–Crippen LogP) is 6.62. The molecular formula is C51H61N13O5S2. The lowest BCUT2D eigenvalue weighted by atomic mass is 9.85. The Bertz CT molecular complexity index is 2930. The molecule has 18 nitrogen and oxygen atoms in total. The first-order valence-electron chi connectivity index (χ1n) is 24.1. The number of likely N-dealkylation sites (tertiary alicyclic amines) is 1. The van der Waals surface area contributed by atoms with Crippen LogP contribution in [0.3, 0.4) is 0 Å². The number of hydrogen-bond donors (Lipinski definition) is 4. The van der Waals surface area contributed by atoms with Crippen LogP contribution >= 0.6 is 22.7 Å². The normalized spacial score (nSPS) is 17.0. The van der Waals surface area contributed by atoms with Crippen LogP contribution in [0.15, 0.2) is 66.4 Å². The maximum Gasteiger partial charge on any atom is 0.246 e. The molecule has 4 amide bonds. The molecule has 0 spiro atoms. The predicted molar refractivity (Wildman–Crippen MR) is 274 cm³/mol. The number of fused-ring (bicyclic) bond motifs is 1. The first-order chi connectivity index (χ1) is 34.0. The minimum atomic E-state index is -0.941. The molecule has 2 fully saturated rings. The number of rotatable bonds is 16. The summed E-state index contributed by atoms with van der Waals surface area (Å²) in [5.41, 5.74) is 8.50. The fourth-order valence-corrected chi connectivity index (χ4v) is 10.8. The number of aliphatic hydroxyl groups excluding tert-OH is 1. The Morgan fingerprint density at radius 3 is 2.37 bits per heavy atom. The number of piperazine rings is 1. The zero-order valence-corrected chi connectivity index (χ0v) is 42.8. The van der Waals surface area contributed by atoms with Crippen LogP contribution in [0.4, 0.5) is 10.8 Å². The summed E-state index contributed by atoms with van der Waals surface area (Å²) in [5, 5.41) is 44.5. The number of aryl methyl sites for hydroxylation is 1. The van der Waals surface area contributed by atoms with E-state index in [2.05, 4.69) is 61.0 Å². The van der Waals surface area contributed by atoms with Crippen molar-refractivity contribution in [1.82, 2.24) is 50.2 Å². The van der Waals surface area contributed by atoms with Gasteiger partial charge in [0.2, 0.25) is 28.8 Å². The van der Waals surface area contributed by atoms with Gasteiger partial charge in [-0.1, -0.05) is 56.4 Å². The summed E-state index contributed by atoms with van der Waals surface area (Å²) in [7, 11) is 0. The number of carbonyl (C=O) groups is 4. The largest absolute Gasteiger partial charge is 0.391 e. The number of nitrogens with one attached hydrogen (secondary N) is 3. The minimum absolute atomic E-state index is 0.0160. The number of aromatic nitrogens is 6. The van der Waals surface area contributed by atoms with Gasteiger partial charge in [-0.05, 0) is 81.3 Å². The topological polar surface area (TPSA) is 227 Å². The van der Waals surface area contributed by atoms with Gasteiger partial charge in [-0.15, -0.1) is 21.5 Å². The van der Waals surface area contributed by atoms with Crippen LogP contribution in [0, 0.1) is 23.7 Å². The molecule has 8 rings (SSSR count). The molecule has 20 heteroatoms. The number of thiazole rings is 1. The summed E-state index contributed by atoms with van der Waals surface area (Å²) in [5.74, 6) is -1.08. The van der Waals surface area contributed by atoms with Gasteiger partial charge in [0, 0.05) is 69.9 Å². The summed E-state index contributed by atoms with van der Waals surface area (Å²) >= 11 is 3.04. The summed E-state index contributed by atoms with van der Waals surface area (Å²) in [6, 6.07) is 15.6. The lowest BCUT2D eigenvalue weighted by Crippen LogP contribution is -2.57. The van der Waals surface area contributed by atoms with Crippen molar-refractivity contribution in [1.29, 1.82) is 5.26 Å². The molecule has 0 radical (unpaired) electrons. The molecule has 372 valence electrons. The lowest BCUT2D eigenvalue weighted by Gasteiger charge is -2.35. The Morgan fingerprint density at radius 2 is 1.68 bits per heavy atom. The number of carbonyl (C=O) groups excluding carboxylic acids is 4. The van der Waals surface area contributed by atoms with Crippen LogP contribution in [-0.2, 0) is 19.2 Å². The van der Waals surface area contributed by atoms with Crippen molar-refractivity contribution in [2.45, 2.75) is 111 Å². The second-order valence-corrected chi connectivity index (χ2v) is 21.5. The summed E-state index contributed by atoms with van der Waals surface area (Å²) in [6.07, 6.45) is 3.92. The maximum absolute atomic E-state index is 14.2. The molecule has 6 aromatic rings. The van der Waals surface area contributed by atoms with Gasteiger partial charge in [0.15, 0.2) is 5.01 Å². The van der Waals surface area contributed by atoms with E-state index < -0.39 is 29.5 Å². The lowest BCUT2D eigenvalue weighted by molar-refractivity contribution is -0.144. The molecule has 5 aromatic heterocycles. The van der Waals surface area contributed by atoms with Crippen molar-refractivity contribution in [3.05, 3.63) is 83.3 Å². The zero-order valence-electron chi connectivity index (χ0n) is 41.2. The van der Waals surface area contributed by atoms with Crippen molar-refractivity contribution in [2.75, 3.05) is 42.9 Å². The molecule has 4 atom stereocenters. The van der Waals surface area contributed by atoms with Crippen LogP contribution in [-0.4, -0.2) is 125 Å². The number of anilines is 2. The summed E-state index contributed by atoms with van der Waals surface area (Å²) in [4.78, 5) is 70.2. The van der Waals surface area contributed by atoms with E-state index in [1.807, 2.05) is 87.5 Å². The third-order valence-corrected chi connectivity index (χ3v) is 14.9. The number of unbranched alkanes of at least 4 members (excludes halogenated alkanes) is 1. The number of hydrogen-bond acceptors (Lipinski definition) is 15. The minimum Gasteiger partial charge on any atom is -0.391 e. The highest BCUT2D eigenvalue weighted by Gasteiger charge is 2.44. The van der Waals surface area contributed by atoms with Gasteiger partial charge in [0.1, 0.15) is 18.2 Å². The van der Waals surface area contributed by atoms with Crippen molar-refractivity contribution < 1.29 is 24.3 Å². The molecule has 2 aliphatic heterocycles. The van der Waals surface area contributed by atoms with E-state index in [1.54, 1.807) is 28.1 Å². The molecule has 7 heterocycles.